The van der Waals surface area contributed by atoms with E-state index in [2.05, 4.69) is 4.90 Å². The Bertz CT molecular complexity index is 689. The average molecular weight is 338 g/mol. The lowest BCUT2D eigenvalue weighted by atomic mass is 10.2. The normalized spacial score (nSPS) is 23.3. The zero-order valence-electron chi connectivity index (χ0n) is 13.2. The van der Waals surface area contributed by atoms with Gasteiger partial charge in [-0.3, -0.25) is 9.69 Å². The van der Waals surface area contributed by atoms with Crippen LogP contribution in [0.1, 0.15) is 5.56 Å². The van der Waals surface area contributed by atoms with Gasteiger partial charge >= 0.3 is 0 Å². The molecular weight excluding hydrogens is 316 g/mol. The molecule has 7 nitrogen and oxygen atoms in total. The fourth-order valence-corrected chi connectivity index (χ4v) is 4.58. The summed E-state index contributed by atoms with van der Waals surface area (Å²) in [6.45, 7) is 4.64. The number of aryl methyl sites for hydroxylation is 1. The minimum Gasteiger partial charge on any atom is -0.329 e. The van der Waals surface area contributed by atoms with Crippen LogP contribution < -0.4 is 5.73 Å². The van der Waals surface area contributed by atoms with Gasteiger partial charge in [0.1, 0.15) is 0 Å². The van der Waals surface area contributed by atoms with Gasteiger partial charge in [0.15, 0.2) is 0 Å². The number of amides is 1. The number of carbonyl (C=O) groups excluding carboxylic acids is 1. The molecule has 1 aromatic carbocycles. The third kappa shape index (κ3) is 2.99. The molecule has 1 amide bonds. The first-order valence-corrected chi connectivity index (χ1v) is 9.18. The van der Waals surface area contributed by atoms with E-state index in [1.54, 1.807) is 29.2 Å². The van der Waals surface area contributed by atoms with Gasteiger partial charge in [0.05, 0.1) is 17.6 Å². The van der Waals surface area contributed by atoms with Crippen LogP contribution in [0.3, 0.4) is 0 Å². The quantitative estimate of drug-likeness (QED) is 0.794. The van der Waals surface area contributed by atoms with Gasteiger partial charge in [-0.2, -0.15) is 4.31 Å². The lowest BCUT2D eigenvalue weighted by Gasteiger charge is -2.39. The summed E-state index contributed by atoms with van der Waals surface area (Å²) in [5.41, 5.74) is 6.61. The number of piperazine rings is 1. The maximum Gasteiger partial charge on any atom is 0.243 e. The SMILES string of the molecule is Cc1ccc(S(=O)(=O)N2CC(=O)N3CCN(CCN)C3C2)cc1. The van der Waals surface area contributed by atoms with Gasteiger partial charge in [0, 0.05) is 32.7 Å². The molecule has 23 heavy (non-hydrogen) atoms. The van der Waals surface area contributed by atoms with E-state index in [4.69, 9.17) is 5.73 Å². The monoisotopic (exact) mass is 338 g/mol. The first-order valence-electron chi connectivity index (χ1n) is 7.74. The number of benzene rings is 1. The molecule has 2 heterocycles. The molecule has 0 spiro atoms. The van der Waals surface area contributed by atoms with E-state index in [-0.39, 0.29) is 23.5 Å². The van der Waals surface area contributed by atoms with Gasteiger partial charge in [-0.05, 0) is 19.1 Å². The Morgan fingerprint density at radius 1 is 1.22 bits per heavy atom. The second-order valence-corrected chi connectivity index (χ2v) is 7.94. The van der Waals surface area contributed by atoms with Crippen LogP contribution in [0.5, 0.6) is 0 Å². The Hall–Kier alpha value is -1.48. The summed E-state index contributed by atoms with van der Waals surface area (Å²) >= 11 is 0. The van der Waals surface area contributed by atoms with Crippen molar-refractivity contribution in [3.8, 4) is 0 Å². The van der Waals surface area contributed by atoms with Crippen LogP contribution in [0.2, 0.25) is 0 Å². The summed E-state index contributed by atoms with van der Waals surface area (Å²) in [5, 5.41) is 0. The maximum absolute atomic E-state index is 12.8. The van der Waals surface area contributed by atoms with Gasteiger partial charge in [-0.15, -0.1) is 0 Å². The average Bonchev–Trinajstić information content (AvgIpc) is 2.92. The van der Waals surface area contributed by atoms with Crippen molar-refractivity contribution in [1.29, 1.82) is 0 Å². The maximum atomic E-state index is 12.8. The van der Waals surface area contributed by atoms with Crippen molar-refractivity contribution >= 4 is 15.9 Å². The molecule has 0 saturated carbocycles. The van der Waals surface area contributed by atoms with Gasteiger partial charge in [-0.25, -0.2) is 8.42 Å². The molecule has 0 aromatic heterocycles. The van der Waals surface area contributed by atoms with Crippen LogP contribution in [0, 0.1) is 6.92 Å². The molecule has 126 valence electrons. The summed E-state index contributed by atoms with van der Waals surface area (Å²) in [6, 6.07) is 6.71. The largest absolute Gasteiger partial charge is 0.329 e. The highest BCUT2D eigenvalue weighted by Gasteiger charge is 2.43. The van der Waals surface area contributed by atoms with Gasteiger partial charge < -0.3 is 10.6 Å². The van der Waals surface area contributed by atoms with Crippen molar-refractivity contribution in [2.75, 3.05) is 39.3 Å². The predicted octanol–water partition coefficient (Wildman–Crippen LogP) is -0.572. The summed E-state index contributed by atoms with van der Waals surface area (Å²) in [5.74, 6) is -0.142. The first kappa shape index (κ1) is 16.4. The molecule has 0 aliphatic carbocycles. The van der Waals surface area contributed by atoms with Crippen LogP contribution in [0.25, 0.3) is 0 Å². The molecule has 8 heteroatoms. The second kappa shape index (κ2) is 6.20. The number of fused-ring (bicyclic) bond motifs is 1. The standard InChI is InChI=1S/C15H22N4O3S/c1-12-2-4-13(5-3-12)23(21,22)18-10-14-17(7-6-16)8-9-19(14)15(20)11-18/h2-5,14H,6-11,16H2,1H3. The van der Waals surface area contributed by atoms with Crippen molar-refractivity contribution < 1.29 is 13.2 Å². The van der Waals surface area contributed by atoms with Gasteiger partial charge in [-0.1, -0.05) is 17.7 Å². The third-order valence-corrected chi connectivity index (χ3v) is 6.31. The topological polar surface area (TPSA) is 87.0 Å². The zero-order valence-corrected chi connectivity index (χ0v) is 14.0. The van der Waals surface area contributed by atoms with E-state index in [0.717, 1.165) is 12.1 Å². The van der Waals surface area contributed by atoms with Crippen molar-refractivity contribution in [2.45, 2.75) is 18.0 Å². The summed E-state index contributed by atoms with van der Waals surface area (Å²) < 4.78 is 26.9. The van der Waals surface area contributed by atoms with Crippen molar-refractivity contribution in [3.05, 3.63) is 29.8 Å². The van der Waals surface area contributed by atoms with E-state index < -0.39 is 10.0 Å². The van der Waals surface area contributed by atoms with Crippen molar-refractivity contribution in [3.63, 3.8) is 0 Å². The molecule has 2 aliphatic rings. The van der Waals surface area contributed by atoms with E-state index in [9.17, 15) is 13.2 Å². The Morgan fingerprint density at radius 3 is 2.57 bits per heavy atom. The van der Waals surface area contributed by atoms with Crippen LogP contribution in [0.4, 0.5) is 0 Å². The number of sulfonamides is 1. The summed E-state index contributed by atoms with van der Waals surface area (Å²) in [6.07, 6.45) is -0.208. The van der Waals surface area contributed by atoms with Gasteiger partial charge in [0.2, 0.25) is 15.9 Å². The highest BCUT2D eigenvalue weighted by atomic mass is 32.2. The van der Waals surface area contributed by atoms with E-state index in [1.807, 2.05) is 6.92 Å². The van der Waals surface area contributed by atoms with E-state index in [0.29, 0.717) is 26.2 Å². The molecule has 3 rings (SSSR count). The summed E-state index contributed by atoms with van der Waals surface area (Å²) in [7, 11) is -3.66. The number of nitrogens with two attached hydrogens (primary N) is 1. The number of rotatable bonds is 4. The highest BCUT2D eigenvalue weighted by molar-refractivity contribution is 7.89. The van der Waals surface area contributed by atoms with E-state index >= 15 is 0 Å². The number of hydrogen-bond acceptors (Lipinski definition) is 5. The lowest BCUT2D eigenvalue weighted by Crippen LogP contribution is -2.59. The molecular formula is C15H22N4O3S. The van der Waals surface area contributed by atoms with Crippen LogP contribution in [0.15, 0.2) is 29.2 Å². The van der Waals surface area contributed by atoms with Crippen molar-refractivity contribution in [2.24, 2.45) is 5.73 Å². The predicted molar refractivity (Wildman–Crippen MR) is 86.1 cm³/mol. The zero-order chi connectivity index (χ0) is 16.6. The fourth-order valence-electron chi connectivity index (χ4n) is 3.19. The minimum absolute atomic E-state index is 0.0941. The second-order valence-electron chi connectivity index (χ2n) is 6.00. The molecule has 1 aromatic rings. The lowest BCUT2D eigenvalue weighted by molar-refractivity contribution is -0.137. The smallest absolute Gasteiger partial charge is 0.243 e. The Labute approximate surface area is 136 Å². The molecule has 2 fully saturated rings. The molecule has 1 unspecified atom stereocenters. The van der Waals surface area contributed by atoms with Crippen LogP contribution in [-0.4, -0.2) is 73.9 Å². The Balaban J connectivity index is 1.85. The van der Waals surface area contributed by atoms with E-state index in [1.165, 1.54) is 4.31 Å². The summed E-state index contributed by atoms with van der Waals surface area (Å²) in [4.78, 5) is 16.4. The third-order valence-electron chi connectivity index (χ3n) is 4.48. The number of carbonyl (C=O) groups is 1. The Morgan fingerprint density at radius 2 is 1.91 bits per heavy atom. The minimum atomic E-state index is -3.66. The molecule has 0 radical (unpaired) electrons. The van der Waals surface area contributed by atoms with Crippen LogP contribution in [-0.2, 0) is 14.8 Å². The molecule has 2 aliphatic heterocycles. The number of hydrogen-bond donors (Lipinski definition) is 1. The molecule has 2 saturated heterocycles. The first-order chi connectivity index (χ1) is 10.9. The molecule has 0 bridgehead atoms. The van der Waals surface area contributed by atoms with Crippen molar-refractivity contribution in [1.82, 2.24) is 14.1 Å². The molecule has 1 atom stereocenters. The van der Waals surface area contributed by atoms with Gasteiger partial charge in [0.25, 0.3) is 0 Å². The highest BCUT2D eigenvalue weighted by Crippen LogP contribution is 2.25. The Kier molecular flexibility index (Phi) is 4.41. The van der Waals surface area contributed by atoms with Crippen LogP contribution >= 0.6 is 0 Å². The fraction of sp³-hybridized carbons (Fsp3) is 0.533. The molecule has 2 N–H and O–H groups in total. The number of nitrogens with zero attached hydrogens (tertiary/aromatic N) is 3.